The van der Waals surface area contributed by atoms with E-state index < -0.39 is 0 Å². The molecule has 5 heteroatoms. The van der Waals surface area contributed by atoms with Crippen LogP contribution in [0.2, 0.25) is 0 Å². The number of fused-ring (bicyclic) bond motifs is 3. The number of ketones is 1. The van der Waals surface area contributed by atoms with Crippen LogP contribution in [0.3, 0.4) is 0 Å². The predicted molar refractivity (Wildman–Crippen MR) is 126 cm³/mol. The maximum absolute atomic E-state index is 13.0. The van der Waals surface area contributed by atoms with Gasteiger partial charge in [-0.05, 0) is 83.0 Å². The largest absolute Gasteiger partial charge is 0.474 e. The van der Waals surface area contributed by atoms with Crippen molar-refractivity contribution >= 4 is 23.1 Å². The third kappa shape index (κ3) is 2.96. The van der Waals surface area contributed by atoms with Crippen LogP contribution >= 0.6 is 0 Å². The summed E-state index contributed by atoms with van der Waals surface area (Å²) in [6.07, 6.45) is 11.1. The Morgan fingerprint density at radius 2 is 1.97 bits per heavy atom. The van der Waals surface area contributed by atoms with E-state index in [1.165, 1.54) is 11.1 Å². The lowest BCUT2D eigenvalue weighted by atomic mass is 9.92. The molecule has 2 aromatic heterocycles. The third-order valence-corrected chi connectivity index (χ3v) is 6.63. The van der Waals surface area contributed by atoms with E-state index in [2.05, 4.69) is 53.4 Å². The lowest BCUT2D eigenvalue weighted by Gasteiger charge is -2.22. The molecule has 1 N–H and O–H groups in total. The number of carbonyl (C=O) groups is 1. The number of aryl methyl sites for hydroxylation is 1. The number of nitrogens with zero attached hydrogens (tertiary/aromatic N) is 2. The lowest BCUT2D eigenvalue weighted by molar-refractivity contribution is -0.112. The van der Waals surface area contributed by atoms with Gasteiger partial charge < -0.3 is 10.1 Å². The number of hydrogen-bond donors (Lipinski definition) is 1. The summed E-state index contributed by atoms with van der Waals surface area (Å²) in [6, 6.07) is 6.36. The molecule has 6 rings (SSSR count). The molecule has 1 aromatic carbocycles. The van der Waals surface area contributed by atoms with E-state index in [-0.39, 0.29) is 5.78 Å². The van der Waals surface area contributed by atoms with Crippen LogP contribution in [0.5, 0.6) is 5.88 Å². The molecule has 0 radical (unpaired) electrons. The molecule has 0 unspecified atom stereocenters. The molecule has 5 nitrogen and oxygen atoms in total. The Labute approximate surface area is 186 Å². The summed E-state index contributed by atoms with van der Waals surface area (Å²) in [6.45, 7) is 5.60. The van der Waals surface area contributed by atoms with Crippen molar-refractivity contribution in [2.24, 2.45) is 0 Å². The van der Waals surface area contributed by atoms with Crippen LogP contribution in [0, 0.1) is 13.8 Å². The molecule has 3 aliphatic rings. The number of nitrogens with one attached hydrogen (secondary N) is 1. The number of ether oxygens (including phenoxy) is 1. The molecule has 1 aliphatic heterocycles. The summed E-state index contributed by atoms with van der Waals surface area (Å²) in [5.74, 6) is 0.844. The van der Waals surface area contributed by atoms with Crippen molar-refractivity contribution in [3.8, 4) is 17.0 Å². The van der Waals surface area contributed by atoms with Crippen molar-refractivity contribution in [3.05, 3.63) is 81.8 Å². The molecule has 32 heavy (non-hydrogen) atoms. The Hall–Kier alpha value is -3.73. The van der Waals surface area contributed by atoms with Crippen molar-refractivity contribution in [1.29, 1.82) is 0 Å². The molecule has 0 atom stereocenters. The Bertz CT molecular complexity index is 1370. The molecule has 0 fully saturated rings. The fourth-order valence-corrected chi connectivity index (χ4v) is 5.00. The summed E-state index contributed by atoms with van der Waals surface area (Å²) in [4.78, 5) is 21.7. The van der Waals surface area contributed by atoms with Crippen molar-refractivity contribution < 1.29 is 9.53 Å². The molecule has 158 valence electrons. The number of carbonyl (C=O) groups excluding carboxylic acids is 1. The monoisotopic (exact) mass is 421 g/mol. The number of allylic oxidation sites excluding steroid dienone is 3. The van der Waals surface area contributed by atoms with Crippen LogP contribution in [0.1, 0.15) is 33.4 Å². The normalized spacial score (nSPS) is 17.4. The summed E-state index contributed by atoms with van der Waals surface area (Å²) in [5, 5.41) is 3.42. The van der Waals surface area contributed by atoms with E-state index in [1.54, 1.807) is 0 Å². The summed E-state index contributed by atoms with van der Waals surface area (Å²) in [7, 11) is 0. The predicted octanol–water partition coefficient (Wildman–Crippen LogP) is 4.71. The topological polar surface area (TPSA) is 64.1 Å². The summed E-state index contributed by atoms with van der Waals surface area (Å²) >= 11 is 0. The van der Waals surface area contributed by atoms with Gasteiger partial charge in [-0.15, -0.1) is 0 Å². The molecular formula is C27H23N3O2. The first-order valence-electron chi connectivity index (χ1n) is 11.0. The van der Waals surface area contributed by atoms with Gasteiger partial charge in [-0.2, -0.15) is 0 Å². The second-order valence-corrected chi connectivity index (χ2v) is 8.71. The van der Waals surface area contributed by atoms with Gasteiger partial charge in [0.1, 0.15) is 12.3 Å². The molecule has 3 aromatic rings. The molecule has 0 saturated carbocycles. The van der Waals surface area contributed by atoms with Gasteiger partial charge in [0.15, 0.2) is 5.78 Å². The number of aromatic nitrogens is 2. The summed E-state index contributed by atoms with van der Waals surface area (Å²) in [5.41, 5.74) is 11.9. The second kappa shape index (κ2) is 7.16. The maximum Gasteiger partial charge on any atom is 0.237 e. The van der Waals surface area contributed by atoms with E-state index >= 15 is 0 Å². The zero-order chi connectivity index (χ0) is 21.8. The molecule has 0 bridgehead atoms. The minimum Gasteiger partial charge on any atom is -0.474 e. The Morgan fingerprint density at radius 3 is 2.84 bits per heavy atom. The number of benzene rings is 1. The summed E-state index contributed by atoms with van der Waals surface area (Å²) < 4.78 is 5.69. The number of Topliss-reactive ketones (excluding diaryl/α,β-unsaturated/α-hetero) is 1. The minimum atomic E-state index is 0.182. The van der Waals surface area contributed by atoms with Crippen LogP contribution in [0.25, 0.3) is 22.8 Å². The van der Waals surface area contributed by atoms with Crippen LogP contribution in [0.15, 0.2) is 48.4 Å². The SMILES string of the molecule is Cc1cc2c(cc1-c1cnc3c(c1C)NCCO3)/C(=C/C1=Cc3ccncc3C1)C(=O)C2. The first kappa shape index (κ1) is 19.0. The van der Waals surface area contributed by atoms with E-state index in [0.29, 0.717) is 18.9 Å². The van der Waals surface area contributed by atoms with Gasteiger partial charge >= 0.3 is 0 Å². The van der Waals surface area contributed by atoms with Gasteiger partial charge in [0, 0.05) is 42.7 Å². The van der Waals surface area contributed by atoms with Crippen molar-refractivity contribution in [2.75, 3.05) is 18.5 Å². The van der Waals surface area contributed by atoms with Crippen LogP contribution in [0.4, 0.5) is 5.69 Å². The first-order chi connectivity index (χ1) is 15.6. The number of anilines is 1. The Balaban J connectivity index is 1.44. The highest BCUT2D eigenvalue weighted by molar-refractivity contribution is 6.26. The van der Waals surface area contributed by atoms with Gasteiger partial charge in [0.2, 0.25) is 5.88 Å². The molecule has 2 aliphatic carbocycles. The first-order valence-corrected chi connectivity index (χ1v) is 11.0. The lowest BCUT2D eigenvalue weighted by Crippen LogP contribution is -2.20. The van der Waals surface area contributed by atoms with E-state index in [1.807, 2.05) is 24.7 Å². The second-order valence-electron chi connectivity index (χ2n) is 8.71. The Morgan fingerprint density at radius 1 is 1.06 bits per heavy atom. The van der Waals surface area contributed by atoms with Crippen LogP contribution in [-0.4, -0.2) is 28.9 Å². The fourth-order valence-electron chi connectivity index (χ4n) is 5.00. The van der Waals surface area contributed by atoms with Crippen LogP contribution in [-0.2, 0) is 17.6 Å². The van der Waals surface area contributed by atoms with Gasteiger partial charge in [0.25, 0.3) is 0 Å². The molecule has 0 amide bonds. The molecular weight excluding hydrogens is 398 g/mol. The molecule has 3 heterocycles. The average Bonchev–Trinajstić information content (AvgIpc) is 3.34. The smallest absolute Gasteiger partial charge is 0.237 e. The number of hydrogen-bond acceptors (Lipinski definition) is 5. The van der Waals surface area contributed by atoms with Gasteiger partial charge in [-0.1, -0.05) is 12.1 Å². The van der Waals surface area contributed by atoms with Gasteiger partial charge in [0.05, 0.1) is 0 Å². The fraction of sp³-hybridized carbons (Fsp3) is 0.222. The highest BCUT2D eigenvalue weighted by atomic mass is 16.5. The zero-order valence-electron chi connectivity index (χ0n) is 18.2. The van der Waals surface area contributed by atoms with E-state index in [0.717, 1.165) is 63.2 Å². The number of rotatable bonds is 2. The maximum atomic E-state index is 13.0. The highest BCUT2D eigenvalue weighted by Crippen LogP contribution is 2.40. The quantitative estimate of drug-likeness (QED) is 0.607. The van der Waals surface area contributed by atoms with Crippen LogP contribution < -0.4 is 10.1 Å². The van der Waals surface area contributed by atoms with Gasteiger partial charge in [-0.25, -0.2) is 4.98 Å². The Kier molecular flexibility index (Phi) is 4.25. The van der Waals surface area contributed by atoms with Gasteiger partial charge in [-0.3, -0.25) is 9.78 Å². The standard InChI is InChI=1S/C27H23N3O2/c1-15-7-19-11-25(31)23(10-17-8-18-3-4-28-13-20(18)9-17)22(19)12-21(15)24-14-30-27-26(16(24)2)29-5-6-32-27/h3-4,7-8,10,12-14,29H,5-6,9,11H2,1-2H3/b23-10-. The van der Waals surface area contributed by atoms with Crippen molar-refractivity contribution in [3.63, 3.8) is 0 Å². The average molecular weight is 422 g/mol. The molecule has 0 spiro atoms. The molecule has 0 saturated heterocycles. The zero-order valence-corrected chi connectivity index (χ0v) is 18.2. The van der Waals surface area contributed by atoms with E-state index in [4.69, 9.17) is 4.74 Å². The van der Waals surface area contributed by atoms with E-state index in [9.17, 15) is 4.79 Å². The van der Waals surface area contributed by atoms with Crippen molar-refractivity contribution in [2.45, 2.75) is 26.7 Å². The van der Waals surface area contributed by atoms with Crippen molar-refractivity contribution in [1.82, 2.24) is 9.97 Å². The highest BCUT2D eigenvalue weighted by Gasteiger charge is 2.27. The minimum absolute atomic E-state index is 0.182. The third-order valence-electron chi connectivity index (χ3n) is 6.63. The number of pyridine rings is 2.